The van der Waals surface area contributed by atoms with Gasteiger partial charge in [0.25, 0.3) is 5.91 Å². The Labute approximate surface area is 202 Å². The van der Waals surface area contributed by atoms with Crippen molar-refractivity contribution in [3.05, 3.63) is 59.5 Å². The maximum absolute atomic E-state index is 13.2. The normalized spacial score (nSPS) is 15.8. The predicted molar refractivity (Wildman–Crippen MR) is 131 cm³/mol. The molecule has 1 aromatic carbocycles. The van der Waals surface area contributed by atoms with Gasteiger partial charge in [-0.05, 0) is 54.0 Å². The number of benzene rings is 1. The molecule has 0 spiro atoms. The van der Waals surface area contributed by atoms with Crippen LogP contribution >= 0.6 is 0 Å². The van der Waals surface area contributed by atoms with Crippen molar-refractivity contribution in [3.63, 3.8) is 0 Å². The van der Waals surface area contributed by atoms with Gasteiger partial charge >= 0.3 is 0 Å². The second kappa shape index (κ2) is 10.9. The van der Waals surface area contributed by atoms with E-state index in [4.69, 9.17) is 4.42 Å². The highest BCUT2D eigenvalue weighted by Crippen LogP contribution is 2.23. The van der Waals surface area contributed by atoms with Gasteiger partial charge in [-0.15, -0.1) is 0 Å². The largest absolute Gasteiger partial charge is 0.467 e. The quantitative estimate of drug-likeness (QED) is 0.646. The summed E-state index contributed by atoms with van der Waals surface area (Å²) in [7, 11) is 0. The van der Waals surface area contributed by atoms with E-state index in [-0.39, 0.29) is 35.0 Å². The molecule has 2 aromatic rings. The molecule has 1 unspecified atom stereocenters. The fraction of sp³-hybridized carbons (Fsp3) is 0.519. The van der Waals surface area contributed by atoms with Gasteiger partial charge < -0.3 is 20.0 Å². The fourth-order valence-corrected chi connectivity index (χ4v) is 4.15. The van der Waals surface area contributed by atoms with Crippen molar-refractivity contribution in [2.75, 3.05) is 13.1 Å². The number of hydrogen-bond donors (Lipinski definition) is 2. The minimum absolute atomic E-state index is 0.00718. The van der Waals surface area contributed by atoms with Crippen molar-refractivity contribution in [2.24, 2.45) is 11.8 Å². The van der Waals surface area contributed by atoms with E-state index in [0.29, 0.717) is 43.8 Å². The maximum Gasteiger partial charge on any atom is 0.251 e. The second-order valence-corrected chi connectivity index (χ2v) is 10.4. The van der Waals surface area contributed by atoms with Gasteiger partial charge in [-0.25, -0.2) is 0 Å². The molecule has 3 amide bonds. The minimum atomic E-state index is -0.612. The lowest BCUT2D eigenvalue weighted by atomic mass is 9.86. The van der Waals surface area contributed by atoms with Crippen molar-refractivity contribution in [1.82, 2.24) is 15.5 Å². The summed E-state index contributed by atoms with van der Waals surface area (Å²) in [6, 6.07) is 10.5. The van der Waals surface area contributed by atoms with Crippen LogP contribution in [0.5, 0.6) is 0 Å². The molecule has 2 heterocycles. The molecule has 1 saturated heterocycles. The van der Waals surface area contributed by atoms with Gasteiger partial charge in [0.1, 0.15) is 11.8 Å². The van der Waals surface area contributed by atoms with E-state index in [9.17, 15) is 14.4 Å². The average molecular weight is 468 g/mol. The smallest absolute Gasteiger partial charge is 0.251 e. The van der Waals surface area contributed by atoms with Crippen molar-refractivity contribution >= 4 is 17.7 Å². The number of amides is 3. The van der Waals surface area contributed by atoms with E-state index < -0.39 is 6.04 Å². The number of rotatable bonds is 7. The van der Waals surface area contributed by atoms with Gasteiger partial charge in [0, 0.05) is 24.6 Å². The molecule has 184 valence electrons. The van der Waals surface area contributed by atoms with Crippen LogP contribution in [-0.4, -0.2) is 41.8 Å². The lowest BCUT2D eigenvalue weighted by Gasteiger charge is -2.35. The van der Waals surface area contributed by atoms with Gasteiger partial charge in [-0.1, -0.05) is 46.8 Å². The first-order chi connectivity index (χ1) is 16.1. The number of nitrogens with one attached hydrogen (secondary N) is 2. The SMILES string of the molecule is CC(C)C(NC(=O)c1ccc(C(C)(C)C)cc1)C(=O)N1CCC(C(=O)NCc2ccco2)CC1. The molecule has 3 rings (SSSR count). The standard InChI is InChI=1S/C27H37N3O4/c1-18(2)23(29-25(32)19-8-10-21(11-9-19)27(3,4)5)26(33)30-14-12-20(13-15-30)24(31)28-17-22-7-6-16-34-22/h6-11,16,18,20,23H,12-15,17H2,1-5H3,(H,28,31)(H,29,32). The molecule has 0 bridgehead atoms. The number of carbonyl (C=O) groups is 3. The number of hydrogen-bond acceptors (Lipinski definition) is 4. The predicted octanol–water partition coefficient (Wildman–Crippen LogP) is 3.89. The van der Waals surface area contributed by atoms with E-state index in [0.717, 1.165) is 5.56 Å². The van der Waals surface area contributed by atoms with E-state index in [1.807, 2.05) is 44.2 Å². The van der Waals surface area contributed by atoms with Gasteiger partial charge in [0.2, 0.25) is 11.8 Å². The molecule has 1 atom stereocenters. The van der Waals surface area contributed by atoms with Crippen LogP contribution in [0.25, 0.3) is 0 Å². The Morgan fingerprint density at radius 2 is 1.71 bits per heavy atom. The van der Waals surface area contributed by atoms with Gasteiger partial charge in [0.15, 0.2) is 0 Å². The summed E-state index contributed by atoms with van der Waals surface area (Å²) in [5.74, 6) is 0.163. The lowest BCUT2D eigenvalue weighted by Crippen LogP contribution is -2.53. The molecular weight excluding hydrogens is 430 g/mol. The molecule has 34 heavy (non-hydrogen) atoms. The Kier molecular flexibility index (Phi) is 8.18. The van der Waals surface area contributed by atoms with Gasteiger partial charge in [0.05, 0.1) is 12.8 Å². The summed E-state index contributed by atoms with van der Waals surface area (Å²) in [5.41, 5.74) is 1.70. The number of furan rings is 1. The van der Waals surface area contributed by atoms with Crippen molar-refractivity contribution in [2.45, 2.75) is 65.5 Å². The molecule has 0 aliphatic carbocycles. The van der Waals surface area contributed by atoms with E-state index in [2.05, 4.69) is 31.4 Å². The van der Waals surface area contributed by atoms with Crippen LogP contribution in [0.3, 0.4) is 0 Å². The topological polar surface area (TPSA) is 91.7 Å². The van der Waals surface area contributed by atoms with Crippen LogP contribution in [0.1, 0.15) is 69.1 Å². The fourth-order valence-electron chi connectivity index (χ4n) is 4.15. The van der Waals surface area contributed by atoms with Crippen molar-refractivity contribution < 1.29 is 18.8 Å². The van der Waals surface area contributed by atoms with Crippen LogP contribution < -0.4 is 10.6 Å². The summed E-state index contributed by atoms with van der Waals surface area (Å²) < 4.78 is 5.25. The van der Waals surface area contributed by atoms with E-state index in [1.54, 1.807) is 17.2 Å². The molecule has 1 fully saturated rings. The van der Waals surface area contributed by atoms with Crippen LogP contribution in [0.4, 0.5) is 0 Å². The third-order valence-corrected chi connectivity index (χ3v) is 6.43. The Balaban J connectivity index is 1.54. The van der Waals surface area contributed by atoms with Crippen LogP contribution in [-0.2, 0) is 21.5 Å². The summed E-state index contributed by atoms with van der Waals surface area (Å²) in [6.45, 7) is 11.6. The minimum Gasteiger partial charge on any atom is -0.467 e. The molecule has 2 N–H and O–H groups in total. The molecule has 7 heteroatoms. The molecule has 1 aliphatic heterocycles. The van der Waals surface area contributed by atoms with Crippen LogP contribution in [0.15, 0.2) is 47.1 Å². The van der Waals surface area contributed by atoms with Crippen LogP contribution in [0, 0.1) is 11.8 Å². The lowest BCUT2D eigenvalue weighted by molar-refractivity contribution is -0.138. The van der Waals surface area contributed by atoms with Crippen molar-refractivity contribution in [3.8, 4) is 0 Å². The zero-order chi connectivity index (χ0) is 24.9. The van der Waals surface area contributed by atoms with E-state index >= 15 is 0 Å². The zero-order valence-corrected chi connectivity index (χ0v) is 20.9. The summed E-state index contributed by atoms with van der Waals surface area (Å²) >= 11 is 0. The van der Waals surface area contributed by atoms with Gasteiger partial charge in [-0.3, -0.25) is 14.4 Å². The highest BCUT2D eigenvalue weighted by molar-refractivity contribution is 5.97. The van der Waals surface area contributed by atoms with E-state index in [1.165, 1.54) is 0 Å². The number of likely N-dealkylation sites (tertiary alicyclic amines) is 1. The highest BCUT2D eigenvalue weighted by Gasteiger charge is 2.33. The number of nitrogens with zero attached hydrogens (tertiary/aromatic N) is 1. The highest BCUT2D eigenvalue weighted by atomic mass is 16.3. The summed E-state index contributed by atoms with van der Waals surface area (Å²) in [4.78, 5) is 40.4. The maximum atomic E-state index is 13.2. The molecule has 1 aromatic heterocycles. The summed E-state index contributed by atoms with van der Waals surface area (Å²) in [6.07, 6.45) is 2.78. The molecular formula is C27H37N3O4. The Morgan fingerprint density at radius 3 is 2.24 bits per heavy atom. The van der Waals surface area contributed by atoms with Crippen molar-refractivity contribution in [1.29, 1.82) is 0 Å². The first-order valence-electron chi connectivity index (χ1n) is 12.1. The third-order valence-electron chi connectivity index (χ3n) is 6.43. The molecule has 7 nitrogen and oxygen atoms in total. The molecule has 0 radical (unpaired) electrons. The Hall–Kier alpha value is -3.09. The molecule has 1 aliphatic rings. The zero-order valence-electron chi connectivity index (χ0n) is 20.9. The first kappa shape index (κ1) is 25.5. The summed E-state index contributed by atoms with van der Waals surface area (Å²) in [5, 5.41) is 5.84. The van der Waals surface area contributed by atoms with Gasteiger partial charge in [-0.2, -0.15) is 0 Å². The first-order valence-corrected chi connectivity index (χ1v) is 12.1. The molecule has 0 saturated carbocycles. The monoisotopic (exact) mass is 467 g/mol. The Morgan fingerprint density at radius 1 is 1.06 bits per heavy atom. The number of piperidine rings is 1. The number of carbonyl (C=O) groups excluding carboxylic acids is 3. The second-order valence-electron chi connectivity index (χ2n) is 10.4. The average Bonchev–Trinajstić information content (AvgIpc) is 3.33. The van der Waals surface area contributed by atoms with Crippen LogP contribution in [0.2, 0.25) is 0 Å². The third kappa shape index (κ3) is 6.49. The Bertz CT molecular complexity index is 966.